The molecule has 0 spiro atoms. The van der Waals surface area contributed by atoms with E-state index in [1.807, 2.05) is 12.1 Å². The van der Waals surface area contributed by atoms with Crippen LogP contribution in [0.4, 0.5) is 11.6 Å². The van der Waals surface area contributed by atoms with Crippen LogP contribution in [0.15, 0.2) is 71.8 Å². The number of nitrogens with one attached hydrogen (secondary N) is 2. The minimum atomic E-state index is -3.84. The highest BCUT2D eigenvalue weighted by Gasteiger charge is 2.15. The Kier molecular flexibility index (Phi) is 6.43. The summed E-state index contributed by atoms with van der Waals surface area (Å²) in [5.41, 5.74) is 1.95. The fourth-order valence-electron chi connectivity index (χ4n) is 2.47. The lowest BCUT2D eigenvalue weighted by Crippen LogP contribution is -2.15. The molecule has 0 bridgehead atoms. The van der Waals surface area contributed by atoms with Crippen molar-refractivity contribution in [1.82, 2.24) is 9.97 Å². The second kappa shape index (κ2) is 9.19. The highest BCUT2D eigenvalue weighted by molar-refractivity contribution is 7.92. The van der Waals surface area contributed by atoms with Crippen molar-refractivity contribution in [3.63, 3.8) is 0 Å². The van der Waals surface area contributed by atoms with Gasteiger partial charge in [0.15, 0.2) is 0 Å². The van der Waals surface area contributed by atoms with E-state index < -0.39 is 10.0 Å². The number of methoxy groups -OCH3 is 1. The quantitative estimate of drug-likeness (QED) is 0.564. The molecule has 0 saturated heterocycles. The summed E-state index contributed by atoms with van der Waals surface area (Å²) < 4.78 is 32.3. The van der Waals surface area contributed by atoms with Gasteiger partial charge in [-0.1, -0.05) is 12.1 Å². The molecule has 0 aliphatic rings. The van der Waals surface area contributed by atoms with E-state index in [9.17, 15) is 13.2 Å². The van der Waals surface area contributed by atoms with Crippen LogP contribution in [-0.2, 0) is 14.8 Å². The number of rotatable bonds is 7. The summed E-state index contributed by atoms with van der Waals surface area (Å²) in [4.78, 5) is 20.0. The Hall–Kier alpha value is -3.72. The fraction of sp³-hybridized carbons (Fsp3) is 0.0952. The largest absolute Gasteiger partial charge is 0.497 e. The molecule has 0 aliphatic carbocycles. The van der Waals surface area contributed by atoms with E-state index in [1.165, 1.54) is 36.5 Å². The summed E-state index contributed by atoms with van der Waals surface area (Å²) in [6.07, 6.45) is 4.53. The topological polar surface area (TPSA) is 110 Å². The number of nitrogens with zero attached hydrogens (tertiary/aromatic N) is 2. The normalized spacial score (nSPS) is 11.3. The predicted molar refractivity (Wildman–Crippen MR) is 115 cm³/mol. The molecule has 2 aromatic carbocycles. The Balaban J connectivity index is 1.63. The van der Waals surface area contributed by atoms with Crippen LogP contribution < -0.4 is 14.8 Å². The number of aryl methyl sites for hydroxylation is 1. The number of carbonyl (C=O) groups excluding carboxylic acids is 1. The number of aromatic nitrogens is 2. The van der Waals surface area contributed by atoms with Crippen LogP contribution in [0.25, 0.3) is 6.08 Å². The molecular weight excluding hydrogens is 404 g/mol. The zero-order valence-corrected chi connectivity index (χ0v) is 17.2. The molecule has 2 N–H and O–H groups in total. The summed E-state index contributed by atoms with van der Waals surface area (Å²) in [5.74, 6) is 0.388. The number of hydrogen-bond acceptors (Lipinski definition) is 6. The third-order valence-corrected chi connectivity index (χ3v) is 5.34. The standard InChI is InChI=1S/C21H20N4O4S/c1-15-13-14-22-21(23-15)25-30(27,28)19-10-6-17(7-11-19)24-20(26)12-5-16-3-8-18(29-2)9-4-16/h3-14H,1-2H3,(H,24,26)(H,22,23,25)/b12-5+. The van der Waals surface area contributed by atoms with Crippen LogP contribution in [-0.4, -0.2) is 31.4 Å². The van der Waals surface area contributed by atoms with E-state index in [4.69, 9.17) is 4.74 Å². The van der Waals surface area contributed by atoms with E-state index in [2.05, 4.69) is 20.0 Å². The summed E-state index contributed by atoms with van der Waals surface area (Å²) in [6, 6.07) is 14.7. The van der Waals surface area contributed by atoms with Gasteiger partial charge in [0.05, 0.1) is 12.0 Å². The van der Waals surface area contributed by atoms with Crippen molar-refractivity contribution >= 4 is 33.6 Å². The number of hydrogen-bond donors (Lipinski definition) is 2. The zero-order chi connectivity index (χ0) is 21.6. The smallest absolute Gasteiger partial charge is 0.264 e. The molecule has 154 valence electrons. The van der Waals surface area contributed by atoms with Crippen LogP contribution in [0, 0.1) is 6.92 Å². The lowest BCUT2D eigenvalue weighted by Gasteiger charge is -2.08. The molecule has 1 heterocycles. The number of carbonyl (C=O) groups is 1. The van der Waals surface area contributed by atoms with Gasteiger partial charge < -0.3 is 10.1 Å². The van der Waals surface area contributed by atoms with Crippen molar-refractivity contribution in [2.24, 2.45) is 0 Å². The number of sulfonamides is 1. The molecule has 8 nitrogen and oxygen atoms in total. The minimum Gasteiger partial charge on any atom is -0.497 e. The highest BCUT2D eigenvalue weighted by atomic mass is 32.2. The molecule has 1 aromatic heterocycles. The second-order valence-electron chi connectivity index (χ2n) is 6.25. The van der Waals surface area contributed by atoms with Gasteiger partial charge in [-0.05, 0) is 61.0 Å². The molecule has 0 unspecified atom stereocenters. The van der Waals surface area contributed by atoms with E-state index in [-0.39, 0.29) is 16.8 Å². The van der Waals surface area contributed by atoms with Gasteiger partial charge in [0.2, 0.25) is 11.9 Å². The molecule has 0 radical (unpaired) electrons. The molecule has 0 atom stereocenters. The van der Waals surface area contributed by atoms with Gasteiger partial charge in [0.1, 0.15) is 5.75 Å². The molecule has 0 aliphatic heterocycles. The molecule has 1 amide bonds. The number of ether oxygens (including phenoxy) is 1. The average molecular weight is 424 g/mol. The fourth-order valence-corrected chi connectivity index (χ4v) is 3.42. The van der Waals surface area contributed by atoms with E-state index >= 15 is 0 Å². The summed E-state index contributed by atoms with van der Waals surface area (Å²) in [5, 5.41) is 2.68. The molecule has 0 fully saturated rings. The zero-order valence-electron chi connectivity index (χ0n) is 16.4. The summed E-state index contributed by atoms with van der Waals surface area (Å²) >= 11 is 0. The first-order chi connectivity index (χ1) is 14.4. The van der Waals surface area contributed by atoms with Crippen molar-refractivity contribution < 1.29 is 17.9 Å². The maximum absolute atomic E-state index is 12.5. The number of amides is 1. The second-order valence-corrected chi connectivity index (χ2v) is 7.93. The molecule has 3 rings (SSSR count). The maximum Gasteiger partial charge on any atom is 0.264 e. The third-order valence-electron chi connectivity index (χ3n) is 4.00. The van der Waals surface area contributed by atoms with Gasteiger partial charge in [-0.25, -0.2) is 23.1 Å². The van der Waals surface area contributed by atoms with Gasteiger partial charge in [0, 0.05) is 23.7 Å². The monoisotopic (exact) mass is 424 g/mol. The van der Waals surface area contributed by atoms with E-state index in [1.54, 1.807) is 38.3 Å². The van der Waals surface area contributed by atoms with Crippen molar-refractivity contribution in [3.05, 3.63) is 78.1 Å². The Morgan fingerprint density at radius 1 is 1.03 bits per heavy atom. The third kappa shape index (κ3) is 5.65. The van der Waals surface area contributed by atoms with Gasteiger partial charge in [-0.2, -0.15) is 0 Å². The molecular formula is C21H20N4O4S. The average Bonchev–Trinajstić information content (AvgIpc) is 2.73. The van der Waals surface area contributed by atoms with Gasteiger partial charge in [-0.15, -0.1) is 0 Å². The van der Waals surface area contributed by atoms with E-state index in [0.29, 0.717) is 11.4 Å². The highest BCUT2D eigenvalue weighted by Crippen LogP contribution is 2.17. The van der Waals surface area contributed by atoms with Crippen molar-refractivity contribution in [3.8, 4) is 5.75 Å². The Morgan fingerprint density at radius 2 is 1.73 bits per heavy atom. The first-order valence-corrected chi connectivity index (χ1v) is 10.4. The Bertz CT molecular complexity index is 1160. The molecule has 9 heteroatoms. The summed E-state index contributed by atoms with van der Waals surface area (Å²) in [6.45, 7) is 1.74. The maximum atomic E-state index is 12.5. The van der Waals surface area contributed by atoms with Crippen LogP contribution in [0.1, 0.15) is 11.3 Å². The summed E-state index contributed by atoms with van der Waals surface area (Å²) in [7, 11) is -2.25. The van der Waals surface area contributed by atoms with Crippen molar-refractivity contribution in [1.29, 1.82) is 0 Å². The van der Waals surface area contributed by atoms with Crippen LogP contribution in [0.2, 0.25) is 0 Å². The molecule has 30 heavy (non-hydrogen) atoms. The Labute approximate surface area is 174 Å². The first kappa shape index (κ1) is 21.0. The predicted octanol–water partition coefficient (Wildman–Crippen LogP) is 3.25. The minimum absolute atomic E-state index is 0.00366. The number of anilines is 2. The van der Waals surface area contributed by atoms with Gasteiger partial charge in [0.25, 0.3) is 10.0 Å². The molecule has 3 aromatic rings. The van der Waals surface area contributed by atoms with E-state index in [0.717, 1.165) is 11.3 Å². The first-order valence-electron chi connectivity index (χ1n) is 8.91. The number of benzene rings is 2. The van der Waals surface area contributed by atoms with Crippen LogP contribution >= 0.6 is 0 Å². The lowest BCUT2D eigenvalue weighted by atomic mass is 10.2. The van der Waals surface area contributed by atoms with Crippen molar-refractivity contribution in [2.75, 3.05) is 17.1 Å². The Morgan fingerprint density at radius 3 is 2.37 bits per heavy atom. The van der Waals surface area contributed by atoms with Crippen LogP contribution in [0.3, 0.4) is 0 Å². The van der Waals surface area contributed by atoms with Crippen molar-refractivity contribution in [2.45, 2.75) is 11.8 Å². The van der Waals surface area contributed by atoms with Crippen LogP contribution in [0.5, 0.6) is 5.75 Å². The lowest BCUT2D eigenvalue weighted by molar-refractivity contribution is -0.111. The SMILES string of the molecule is COc1ccc(/C=C/C(=O)Nc2ccc(S(=O)(=O)Nc3nccc(C)n3)cc2)cc1. The van der Waals surface area contributed by atoms with Gasteiger partial charge >= 0.3 is 0 Å². The van der Waals surface area contributed by atoms with Gasteiger partial charge in [-0.3, -0.25) is 4.79 Å². The molecule has 0 saturated carbocycles.